The van der Waals surface area contributed by atoms with E-state index in [1.54, 1.807) is 26.0 Å². The molecule has 2 aromatic carbocycles. The molecular formula is C21H20Cl4N4O3. The molecule has 7 nitrogen and oxygen atoms in total. The van der Waals surface area contributed by atoms with Gasteiger partial charge in [0.05, 0.1) is 25.6 Å². The third kappa shape index (κ3) is 4.49. The second kappa shape index (κ2) is 9.37. The van der Waals surface area contributed by atoms with Gasteiger partial charge in [0, 0.05) is 17.9 Å². The summed E-state index contributed by atoms with van der Waals surface area (Å²) < 4.78 is 0. The van der Waals surface area contributed by atoms with Crippen molar-refractivity contribution in [2.75, 3.05) is 16.8 Å². The van der Waals surface area contributed by atoms with Crippen molar-refractivity contribution in [1.29, 1.82) is 0 Å². The molecule has 170 valence electrons. The van der Waals surface area contributed by atoms with Gasteiger partial charge in [0.15, 0.2) is 6.17 Å². The number of urea groups is 2. The van der Waals surface area contributed by atoms with Crippen molar-refractivity contribution >= 4 is 69.8 Å². The summed E-state index contributed by atoms with van der Waals surface area (Å²) in [5.41, 5.74) is -0.341. The van der Waals surface area contributed by atoms with Crippen LogP contribution in [0, 0.1) is 0 Å². The molecular weight excluding hydrogens is 498 g/mol. The zero-order chi connectivity index (χ0) is 23.8. The van der Waals surface area contributed by atoms with Gasteiger partial charge < -0.3 is 10.2 Å². The average molecular weight is 518 g/mol. The third-order valence-electron chi connectivity index (χ3n) is 5.11. The first-order valence-electron chi connectivity index (χ1n) is 9.40. The summed E-state index contributed by atoms with van der Waals surface area (Å²) in [6, 6.07) is 7.78. The number of rotatable bonds is 5. The van der Waals surface area contributed by atoms with Gasteiger partial charge in [-0.1, -0.05) is 52.5 Å². The molecule has 11 heteroatoms. The summed E-state index contributed by atoms with van der Waals surface area (Å²) in [5.74, 6) is 0. The zero-order valence-corrected chi connectivity index (χ0v) is 20.2. The fraction of sp³-hybridized carbons (Fsp3) is 0.238. The van der Waals surface area contributed by atoms with Crippen LogP contribution in [0.3, 0.4) is 0 Å². The minimum atomic E-state index is -1.12. The predicted octanol–water partition coefficient (Wildman–Crippen LogP) is 6.76. The van der Waals surface area contributed by atoms with Crippen LogP contribution in [0.25, 0.3) is 0 Å². The number of nitrogens with zero attached hydrogens (tertiary/aromatic N) is 3. The maximum atomic E-state index is 13.3. The van der Waals surface area contributed by atoms with Crippen LogP contribution in [-0.2, 0) is 0 Å². The fourth-order valence-electron chi connectivity index (χ4n) is 3.54. The fourth-order valence-corrected chi connectivity index (χ4v) is 4.13. The van der Waals surface area contributed by atoms with Gasteiger partial charge in [0.1, 0.15) is 0 Å². The molecule has 2 N–H and O–H groups in total. The molecule has 1 fully saturated rings. The van der Waals surface area contributed by atoms with Gasteiger partial charge >= 0.3 is 12.1 Å². The molecule has 1 atom stereocenters. The molecule has 0 aliphatic carbocycles. The van der Waals surface area contributed by atoms with Crippen LogP contribution >= 0.6 is 46.4 Å². The number of hydrogen-bond acceptors (Lipinski definition) is 3. The highest BCUT2D eigenvalue weighted by molar-refractivity contribution is 6.42. The first-order valence-corrected chi connectivity index (χ1v) is 10.9. The Morgan fingerprint density at radius 2 is 1.72 bits per heavy atom. The summed E-state index contributed by atoms with van der Waals surface area (Å²) in [4.78, 5) is 29.0. The van der Waals surface area contributed by atoms with Crippen molar-refractivity contribution in [2.24, 2.45) is 0 Å². The standard InChI is InChI=1S/C21H20Cl4N4O3/c1-4-9-27-20(31)28(13-6-8-15(23)17(25)11-13)18(21(27,2)3)29(32)19(30)26-12-5-7-14(22)16(24)10-12/h4-8,10-11,18,32H,1,9H2,2-3H3,(H,26,30)/t18-/m1/s1. The molecule has 1 aliphatic heterocycles. The van der Waals surface area contributed by atoms with Crippen molar-refractivity contribution in [3.63, 3.8) is 0 Å². The van der Waals surface area contributed by atoms with Crippen LogP contribution in [0.15, 0.2) is 49.1 Å². The zero-order valence-electron chi connectivity index (χ0n) is 17.2. The molecule has 0 radical (unpaired) electrons. The van der Waals surface area contributed by atoms with E-state index in [0.29, 0.717) is 26.5 Å². The molecule has 1 heterocycles. The Morgan fingerprint density at radius 1 is 1.12 bits per heavy atom. The van der Waals surface area contributed by atoms with Crippen LogP contribution in [0.5, 0.6) is 0 Å². The summed E-state index contributed by atoms with van der Waals surface area (Å²) in [5, 5.41) is 15.0. The Kier molecular flexibility index (Phi) is 7.17. The Balaban J connectivity index is 2.00. The third-order valence-corrected chi connectivity index (χ3v) is 6.59. The normalized spacial score (nSPS) is 17.5. The molecule has 4 amide bonds. The van der Waals surface area contributed by atoms with E-state index >= 15 is 0 Å². The van der Waals surface area contributed by atoms with Crippen LogP contribution in [0.1, 0.15) is 13.8 Å². The predicted molar refractivity (Wildman–Crippen MR) is 128 cm³/mol. The highest BCUT2D eigenvalue weighted by Gasteiger charge is 2.55. The lowest BCUT2D eigenvalue weighted by atomic mass is 10.00. The number of hydroxylamine groups is 2. The van der Waals surface area contributed by atoms with Crippen LogP contribution in [-0.4, -0.2) is 45.5 Å². The molecule has 0 aromatic heterocycles. The van der Waals surface area contributed by atoms with E-state index in [1.807, 2.05) is 0 Å². The number of carbonyl (C=O) groups excluding carboxylic acids is 2. The molecule has 3 rings (SSSR count). The largest absolute Gasteiger partial charge is 0.347 e. The van der Waals surface area contributed by atoms with E-state index < -0.39 is 23.8 Å². The van der Waals surface area contributed by atoms with Crippen molar-refractivity contribution < 1.29 is 14.8 Å². The highest BCUT2D eigenvalue weighted by atomic mass is 35.5. The second-order valence-electron chi connectivity index (χ2n) is 7.58. The maximum absolute atomic E-state index is 13.3. The summed E-state index contributed by atoms with van der Waals surface area (Å²) in [6.07, 6.45) is 0.446. The minimum absolute atomic E-state index is 0.197. The Hall–Kier alpha value is -2.16. The van der Waals surface area contributed by atoms with Gasteiger partial charge in [0.2, 0.25) is 0 Å². The molecule has 0 saturated carbocycles. The Labute approximate surface area is 205 Å². The second-order valence-corrected chi connectivity index (χ2v) is 9.21. The van der Waals surface area contributed by atoms with Crippen LogP contribution in [0.2, 0.25) is 20.1 Å². The van der Waals surface area contributed by atoms with E-state index in [9.17, 15) is 14.8 Å². The first kappa shape index (κ1) is 24.5. The Bertz CT molecular complexity index is 1080. The molecule has 1 saturated heterocycles. The number of amides is 4. The molecule has 32 heavy (non-hydrogen) atoms. The number of benzene rings is 2. The van der Waals surface area contributed by atoms with Crippen molar-refractivity contribution in [1.82, 2.24) is 9.96 Å². The number of halogens is 4. The van der Waals surface area contributed by atoms with Gasteiger partial charge in [-0.05, 0) is 50.2 Å². The van der Waals surface area contributed by atoms with Gasteiger partial charge in [0.25, 0.3) is 0 Å². The lowest BCUT2D eigenvalue weighted by Crippen LogP contribution is -2.58. The quantitative estimate of drug-likeness (QED) is 0.261. The van der Waals surface area contributed by atoms with Crippen molar-refractivity contribution in [2.45, 2.75) is 25.6 Å². The summed E-state index contributed by atoms with van der Waals surface area (Å²) in [7, 11) is 0. The molecule has 0 bridgehead atoms. The molecule has 0 unspecified atom stereocenters. The molecule has 0 spiro atoms. The van der Waals surface area contributed by atoms with E-state index in [-0.39, 0.29) is 16.6 Å². The lowest BCUT2D eigenvalue weighted by molar-refractivity contribution is -0.0941. The van der Waals surface area contributed by atoms with Gasteiger partial charge in [-0.2, -0.15) is 5.06 Å². The Morgan fingerprint density at radius 3 is 2.28 bits per heavy atom. The van der Waals surface area contributed by atoms with E-state index in [1.165, 1.54) is 40.1 Å². The van der Waals surface area contributed by atoms with E-state index in [2.05, 4.69) is 11.9 Å². The van der Waals surface area contributed by atoms with Gasteiger partial charge in [-0.3, -0.25) is 10.1 Å². The monoisotopic (exact) mass is 516 g/mol. The lowest BCUT2D eigenvalue weighted by Gasteiger charge is -2.38. The maximum Gasteiger partial charge on any atom is 0.347 e. The SMILES string of the molecule is C=CCN1C(=O)N(c2ccc(Cl)c(Cl)c2)[C@H](N(O)C(=O)Nc2ccc(Cl)c(Cl)c2)C1(C)C. The minimum Gasteiger partial charge on any atom is -0.311 e. The number of anilines is 2. The molecule has 2 aromatic rings. The van der Waals surface area contributed by atoms with Crippen molar-refractivity contribution in [3.8, 4) is 0 Å². The van der Waals surface area contributed by atoms with Gasteiger partial charge in [-0.25, -0.2) is 9.59 Å². The summed E-state index contributed by atoms with van der Waals surface area (Å²) in [6.45, 7) is 7.35. The first-order chi connectivity index (χ1) is 15.0. The van der Waals surface area contributed by atoms with Crippen LogP contribution < -0.4 is 10.2 Å². The smallest absolute Gasteiger partial charge is 0.311 e. The topological polar surface area (TPSA) is 76.1 Å². The van der Waals surface area contributed by atoms with Crippen molar-refractivity contribution in [3.05, 3.63) is 69.1 Å². The number of carbonyl (C=O) groups is 2. The van der Waals surface area contributed by atoms with E-state index in [4.69, 9.17) is 46.4 Å². The number of hydrogen-bond donors (Lipinski definition) is 2. The summed E-state index contributed by atoms with van der Waals surface area (Å²) >= 11 is 24.1. The molecule has 1 aliphatic rings. The van der Waals surface area contributed by atoms with Gasteiger partial charge in [-0.15, -0.1) is 6.58 Å². The highest BCUT2D eigenvalue weighted by Crippen LogP contribution is 2.39. The van der Waals surface area contributed by atoms with E-state index in [0.717, 1.165) is 0 Å². The number of nitrogens with one attached hydrogen (secondary N) is 1. The average Bonchev–Trinajstić information content (AvgIpc) is 2.92. The van der Waals surface area contributed by atoms with Crippen LogP contribution in [0.4, 0.5) is 21.0 Å².